The summed E-state index contributed by atoms with van der Waals surface area (Å²) in [6.07, 6.45) is 1.22. The summed E-state index contributed by atoms with van der Waals surface area (Å²) in [5, 5.41) is 9.37. The molecule has 0 bridgehead atoms. The fourth-order valence-electron chi connectivity index (χ4n) is 1.70. The number of hydrogen-bond acceptors (Lipinski definition) is 4. The number of aromatic nitrogens is 1. The molecule has 0 aromatic carbocycles. The highest BCUT2D eigenvalue weighted by Gasteiger charge is 2.16. The maximum atomic E-state index is 11.2. The normalized spacial score (nSPS) is 19.8. The second-order valence-corrected chi connectivity index (χ2v) is 5.66. The molecule has 0 saturated carbocycles. The van der Waals surface area contributed by atoms with Crippen molar-refractivity contribution in [2.75, 3.05) is 29.5 Å². The van der Waals surface area contributed by atoms with Crippen molar-refractivity contribution in [3.05, 3.63) is 23.9 Å². The number of anilines is 1. The highest BCUT2D eigenvalue weighted by molar-refractivity contribution is 7.85. The zero-order valence-corrected chi connectivity index (χ0v) is 10.1. The van der Waals surface area contributed by atoms with Crippen LogP contribution in [0.25, 0.3) is 0 Å². The lowest BCUT2D eigenvalue weighted by Gasteiger charge is -2.27. The molecule has 1 N–H and O–H groups in total. The smallest absolute Gasteiger partial charge is 0.128 e. The molecule has 1 aromatic rings. The van der Waals surface area contributed by atoms with Crippen LogP contribution in [0.15, 0.2) is 18.3 Å². The molecule has 1 aromatic heterocycles. The van der Waals surface area contributed by atoms with Crippen LogP contribution in [0.1, 0.15) is 18.6 Å². The van der Waals surface area contributed by atoms with Crippen LogP contribution in [-0.4, -0.2) is 38.9 Å². The Bertz CT molecular complexity index is 368. The Labute approximate surface area is 97.8 Å². The molecule has 1 saturated heterocycles. The van der Waals surface area contributed by atoms with Gasteiger partial charge in [-0.25, -0.2) is 4.98 Å². The van der Waals surface area contributed by atoms with Crippen LogP contribution in [0.3, 0.4) is 0 Å². The molecular weight excluding hydrogens is 224 g/mol. The van der Waals surface area contributed by atoms with Crippen LogP contribution in [-0.2, 0) is 10.8 Å². The van der Waals surface area contributed by atoms with E-state index in [2.05, 4.69) is 9.88 Å². The topological polar surface area (TPSA) is 53.4 Å². The zero-order valence-electron chi connectivity index (χ0n) is 9.30. The minimum Gasteiger partial charge on any atom is -0.389 e. The summed E-state index contributed by atoms with van der Waals surface area (Å²) in [5.74, 6) is 2.35. The lowest BCUT2D eigenvalue weighted by molar-refractivity contribution is 0.199. The van der Waals surface area contributed by atoms with Gasteiger partial charge in [-0.1, -0.05) is 6.07 Å². The molecule has 0 amide bonds. The van der Waals surface area contributed by atoms with E-state index in [1.165, 1.54) is 0 Å². The van der Waals surface area contributed by atoms with Gasteiger partial charge in [-0.2, -0.15) is 0 Å². The average Bonchev–Trinajstić information content (AvgIpc) is 2.30. The van der Waals surface area contributed by atoms with E-state index in [4.69, 9.17) is 0 Å². The molecule has 5 heteroatoms. The van der Waals surface area contributed by atoms with Crippen molar-refractivity contribution in [1.82, 2.24) is 4.98 Å². The van der Waals surface area contributed by atoms with Gasteiger partial charge in [0.2, 0.25) is 0 Å². The van der Waals surface area contributed by atoms with Gasteiger partial charge in [0.1, 0.15) is 5.82 Å². The fourth-order valence-corrected chi connectivity index (χ4v) is 2.75. The second-order valence-electron chi connectivity index (χ2n) is 3.96. The first-order chi connectivity index (χ1) is 7.66. The maximum Gasteiger partial charge on any atom is 0.128 e. The minimum atomic E-state index is -0.656. The van der Waals surface area contributed by atoms with Crippen molar-refractivity contribution in [2.24, 2.45) is 0 Å². The van der Waals surface area contributed by atoms with Gasteiger partial charge >= 0.3 is 0 Å². The number of hydrogen-bond donors (Lipinski definition) is 1. The Hall–Kier alpha value is -0.940. The first-order valence-corrected chi connectivity index (χ1v) is 6.89. The van der Waals surface area contributed by atoms with Crippen molar-refractivity contribution in [3.8, 4) is 0 Å². The van der Waals surface area contributed by atoms with Crippen molar-refractivity contribution in [1.29, 1.82) is 0 Å². The molecule has 0 radical (unpaired) electrons. The van der Waals surface area contributed by atoms with E-state index >= 15 is 0 Å². The van der Waals surface area contributed by atoms with E-state index in [9.17, 15) is 9.32 Å². The lowest BCUT2D eigenvalue weighted by atomic mass is 10.2. The van der Waals surface area contributed by atoms with Crippen molar-refractivity contribution in [3.63, 3.8) is 0 Å². The van der Waals surface area contributed by atoms with E-state index in [1.807, 2.05) is 12.1 Å². The van der Waals surface area contributed by atoms with E-state index in [0.717, 1.165) is 36.0 Å². The van der Waals surface area contributed by atoms with Crippen molar-refractivity contribution >= 4 is 16.6 Å². The summed E-state index contributed by atoms with van der Waals surface area (Å²) < 4.78 is 11.2. The third kappa shape index (κ3) is 2.59. The molecule has 0 spiro atoms. The van der Waals surface area contributed by atoms with Gasteiger partial charge in [-0.3, -0.25) is 4.21 Å². The standard InChI is InChI=1S/C11H16N2O2S/c1-9(14)10-2-3-11(12-8-10)13-4-6-16(15)7-5-13/h2-3,8-9,14H,4-7H2,1H3. The van der Waals surface area contributed by atoms with Gasteiger partial charge < -0.3 is 10.0 Å². The Morgan fingerprint density at radius 3 is 2.62 bits per heavy atom. The van der Waals surface area contributed by atoms with Crippen molar-refractivity contribution in [2.45, 2.75) is 13.0 Å². The molecule has 0 aliphatic carbocycles. The monoisotopic (exact) mass is 240 g/mol. The van der Waals surface area contributed by atoms with Crippen LogP contribution in [0.2, 0.25) is 0 Å². The largest absolute Gasteiger partial charge is 0.389 e. The molecule has 1 fully saturated rings. The number of aliphatic hydroxyl groups is 1. The van der Waals surface area contributed by atoms with Gasteiger partial charge in [0.15, 0.2) is 0 Å². The van der Waals surface area contributed by atoms with Gasteiger partial charge in [-0.05, 0) is 18.6 Å². The second kappa shape index (κ2) is 4.93. The third-order valence-corrected chi connectivity index (χ3v) is 4.03. The molecule has 1 aliphatic heterocycles. The summed E-state index contributed by atoms with van der Waals surface area (Å²) in [5.41, 5.74) is 0.823. The number of rotatable bonds is 2. The Morgan fingerprint density at radius 2 is 2.12 bits per heavy atom. The zero-order chi connectivity index (χ0) is 11.5. The van der Waals surface area contributed by atoms with Gasteiger partial charge in [0.05, 0.1) is 6.10 Å². The molecule has 88 valence electrons. The predicted molar refractivity (Wildman–Crippen MR) is 65.0 cm³/mol. The average molecular weight is 240 g/mol. The summed E-state index contributed by atoms with van der Waals surface area (Å²) in [6, 6.07) is 3.80. The summed E-state index contributed by atoms with van der Waals surface area (Å²) in [6.45, 7) is 3.32. The first-order valence-electron chi connectivity index (χ1n) is 5.41. The molecule has 4 nitrogen and oxygen atoms in total. The van der Waals surface area contributed by atoms with E-state index in [1.54, 1.807) is 13.1 Å². The molecule has 2 heterocycles. The van der Waals surface area contributed by atoms with Gasteiger partial charge in [0.25, 0.3) is 0 Å². The molecule has 16 heavy (non-hydrogen) atoms. The van der Waals surface area contributed by atoms with Crippen LogP contribution < -0.4 is 4.90 Å². The van der Waals surface area contributed by atoms with E-state index in [-0.39, 0.29) is 0 Å². The highest BCUT2D eigenvalue weighted by atomic mass is 32.2. The number of nitrogens with zero attached hydrogens (tertiary/aromatic N) is 2. The van der Waals surface area contributed by atoms with E-state index in [0.29, 0.717) is 0 Å². The summed E-state index contributed by atoms with van der Waals surface area (Å²) in [7, 11) is -0.656. The molecule has 1 unspecified atom stereocenters. The quantitative estimate of drug-likeness (QED) is 0.827. The summed E-state index contributed by atoms with van der Waals surface area (Å²) in [4.78, 5) is 6.45. The predicted octanol–water partition coefficient (Wildman–Crippen LogP) is 0.704. The maximum absolute atomic E-state index is 11.2. The molecule has 1 aliphatic rings. The fraction of sp³-hybridized carbons (Fsp3) is 0.545. The minimum absolute atomic E-state index is 0.476. The number of pyridine rings is 1. The van der Waals surface area contributed by atoms with Crippen molar-refractivity contribution < 1.29 is 9.32 Å². The van der Waals surface area contributed by atoms with Gasteiger partial charge in [0, 0.05) is 41.6 Å². The van der Waals surface area contributed by atoms with Gasteiger partial charge in [-0.15, -0.1) is 0 Å². The van der Waals surface area contributed by atoms with Crippen LogP contribution in [0.5, 0.6) is 0 Å². The Kier molecular flexibility index (Phi) is 3.56. The Morgan fingerprint density at radius 1 is 1.44 bits per heavy atom. The first kappa shape index (κ1) is 11.5. The lowest BCUT2D eigenvalue weighted by Crippen LogP contribution is -2.38. The highest BCUT2D eigenvalue weighted by Crippen LogP contribution is 2.17. The number of aliphatic hydroxyl groups excluding tert-OH is 1. The Balaban J connectivity index is 2.07. The molecule has 2 rings (SSSR count). The van der Waals surface area contributed by atoms with Crippen LogP contribution in [0, 0.1) is 0 Å². The third-order valence-electron chi connectivity index (χ3n) is 2.75. The molecular formula is C11H16N2O2S. The van der Waals surface area contributed by atoms with Crippen LogP contribution >= 0.6 is 0 Å². The SMILES string of the molecule is CC(O)c1ccc(N2CCS(=O)CC2)nc1. The summed E-state index contributed by atoms with van der Waals surface area (Å²) >= 11 is 0. The van der Waals surface area contributed by atoms with Crippen LogP contribution in [0.4, 0.5) is 5.82 Å². The molecule has 1 atom stereocenters. The van der Waals surface area contributed by atoms with E-state index < -0.39 is 16.9 Å².